The van der Waals surface area contributed by atoms with E-state index < -0.39 is 5.60 Å². The molecule has 0 saturated carbocycles. The number of piperidine rings is 1. The first kappa shape index (κ1) is 13.6. The van der Waals surface area contributed by atoms with E-state index in [-0.39, 0.29) is 18.0 Å². The fourth-order valence-corrected chi connectivity index (χ4v) is 2.05. The van der Waals surface area contributed by atoms with Crippen molar-refractivity contribution in [1.82, 2.24) is 15.1 Å². The van der Waals surface area contributed by atoms with Gasteiger partial charge in [0.2, 0.25) is 5.89 Å². The Balaban J connectivity index is 1.87. The molecule has 1 amide bonds. The van der Waals surface area contributed by atoms with Crippen molar-refractivity contribution < 1.29 is 13.9 Å². The van der Waals surface area contributed by atoms with E-state index >= 15 is 0 Å². The predicted octanol–water partition coefficient (Wildman–Crippen LogP) is 1.77. The van der Waals surface area contributed by atoms with E-state index in [0.29, 0.717) is 19.0 Å². The Labute approximate surface area is 112 Å². The van der Waals surface area contributed by atoms with E-state index in [1.54, 1.807) is 4.90 Å². The van der Waals surface area contributed by atoms with Crippen molar-refractivity contribution >= 4 is 12.1 Å². The summed E-state index contributed by atoms with van der Waals surface area (Å²) >= 11 is 0. The van der Waals surface area contributed by atoms with Crippen molar-refractivity contribution in [3.8, 4) is 0 Å². The Morgan fingerprint density at radius 3 is 2.47 bits per heavy atom. The lowest BCUT2D eigenvalue weighted by molar-refractivity contribution is 0.0199. The number of amides is 1. The number of likely N-dealkylation sites (tertiary alicyclic amines) is 1. The normalized spacial score (nSPS) is 17.5. The molecular formula is C12H20N4O3. The summed E-state index contributed by atoms with van der Waals surface area (Å²) in [5, 5.41) is 7.54. The van der Waals surface area contributed by atoms with Crippen LogP contribution in [0.5, 0.6) is 0 Å². The van der Waals surface area contributed by atoms with Crippen molar-refractivity contribution in [2.45, 2.75) is 45.1 Å². The summed E-state index contributed by atoms with van der Waals surface area (Å²) in [6, 6.07) is 0.0876. The minimum absolute atomic E-state index is 0.0876. The second-order valence-corrected chi connectivity index (χ2v) is 5.72. The van der Waals surface area contributed by atoms with Crippen LogP contribution in [0.1, 0.15) is 45.4 Å². The smallest absolute Gasteiger partial charge is 0.410 e. The Kier molecular flexibility index (Phi) is 3.64. The van der Waals surface area contributed by atoms with Crippen molar-refractivity contribution in [2.75, 3.05) is 18.8 Å². The van der Waals surface area contributed by atoms with Gasteiger partial charge >= 0.3 is 12.1 Å². The van der Waals surface area contributed by atoms with Gasteiger partial charge in [-0.15, -0.1) is 5.10 Å². The van der Waals surface area contributed by atoms with Gasteiger partial charge in [-0.05, 0) is 33.6 Å². The summed E-state index contributed by atoms with van der Waals surface area (Å²) in [6.07, 6.45) is 1.29. The Bertz CT molecular complexity index is 444. The maximum absolute atomic E-state index is 11.9. The highest BCUT2D eigenvalue weighted by atomic mass is 16.6. The SMILES string of the molecule is CC(C)(C)OC(=O)N1CCC(c2nnc(N)o2)CC1. The zero-order chi connectivity index (χ0) is 14.0. The number of carbonyl (C=O) groups excluding carboxylic acids is 1. The van der Waals surface area contributed by atoms with Crippen molar-refractivity contribution in [3.63, 3.8) is 0 Å². The number of carbonyl (C=O) groups is 1. The van der Waals surface area contributed by atoms with Crippen LogP contribution in [0.25, 0.3) is 0 Å². The summed E-state index contributed by atoms with van der Waals surface area (Å²) in [7, 11) is 0. The average molecular weight is 268 g/mol. The molecular weight excluding hydrogens is 248 g/mol. The van der Waals surface area contributed by atoms with Crippen LogP contribution in [-0.4, -0.2) is 39.9 Å². The maximum atomic E-state index is 11.9. The van der Waals surface area contributed by atoms with Gasteiger partial charge in [0.05, 0.1) is 0 Å². The van der Waals surface area contributed by atoms with Gasteiger partial charge in [0.25, 0.3) is 0 Å². The van der Waals surface area contributed by atoms with Crippen LogP contribution < -0.4 is 5.73 Å². The minimum Gasteiger partial charge on any atom is -0.444 e. The molecule has 7 nitrogen and oxygen atoms in total. The summed E-state index contributed by atoms with van der Waals surface area (Å²) in [5.41, 5.74) is 4.94. The van der Waals surface area contributed by atoms with Gasteiger partial charge in [-0.1, -0.05) is 5.10 Å². The topological polar surface area (TPSA) is 94.5 Å². The fourth-order valence-electron chi connectivity index (χ4n) is 2.05. The predicted molar refractivity (Wildman–Crippen MR) is 68.5 cm³/mol. The van der Waals surface area contributed by atoms with Gasteiger partial charge in [-0.3, -0.25) is 0 Å². The summed E-state index contributed by atoms with van der Waals surface area (Å²) in [6.45, 7) is 6.83. The Hall–Kier alpha value is -1.79. The van der Waals surface area contributed by atoms with E-state index in [1.165, 1.54) is 0 Å². The van der Waals surface area contributed by atoms with Gasteiger partial charge in [0.15, 0.2) is 0 Å². The Morgan fingerprint density at radius 2 is 2.00 bits per heavy atom. The quantitative estimate of drug-likeness (QED) is 0.834. The number of nitrogen functional groups attached to an aromatic ring is 1. The molecule has 19 heavy (non-hydrogen) atoms. The lowest BCUT2D eigenvalue weighted by atomic mass is 9.97. The van der Waals surface area contributed by atoms with Crippen molar-refractivity contribution in [1.29, 1.82) is 0 Å². The number of anilines is 1. The highest BCUT2D eigenvalue weighted by Gasteiger charge is 2.29. The van der Waals surface area contributed by atoms with E-state index in [0.717, 1.165) is 12.8 Å². The largest absolute Gasteiger partial charge is 0.444 e. The number of hydrogen-bond donors (Lipinski definition) is 1. The lowest BCUT2D eigenvalue weighted by Crippen LogP contribution is -2.41. The van der Waals surface area contributed by atoms with Gasteiger partial charge in [0.1, 0.15) is 5.60 Å². The molecule has 1 fully saturated rings. The monoisotopic (exact) mass is 268 g/mol. The number of ether oxygens (including phenoxy) is 1. The highest BCUT2D eigenvalue weighted by Crippen LogP contribution is 2.28. The fraction of sp³-hybridized carbons (Fsp3) is 0.750. The molecule has 0 radical (unpaired) electrons. The summed E-state index contributed by atoms with van der Waals surface area (Å²) in [4.78, 5) is 13.6. The molecule has 1 saturated heterocycles. The molecule has 1 aromatic heterocycles. The molecule has 0 bridgehead atoms. The first-order valence-electron chi connectivity index (χ1n) is 6.42. The van der Waals surface area contributed by atoms with Crippen LogP contribution in [0.3, 0.4) is 0 Å². The van der Waals surface area contributed by atoms with Gasteiger partial charge < -0.3 is 19.8 Å². The number of nitrogens with zero attached hydrogens (tertiary/aromatic N) is 3. The van der Waals surface area contributed by atoms with Crippen LogP contribution in [0.2, 0.25) is 0 Å². The number of aromatic nitrogens is 2. The first-order valence-corrected chi connectivity index (χ1v) is 6.42. The van der Waals surface area contributed by atoms with Crippen molar-refractivity contribution in [2.24, 2.45) is 0 Å². The van der Waals surface area contributed by atoms with Crippen LogP contribution in [0, 0.1) is 0 Å². The summed E-state index contributed by atoms with van der Waals surface area (Å²) < 4.78 is 10.6. The molecule has 1 aromatic rings. The van der Waals surface area contributed by atoms with Gasteiger partial charge in [0, 0.05) is 19.0 Å². The van der Waals surface area contributed by atoms with Crippen LogP contribution in [-0.2, 0) is 4.74 Å². The third-order valence-corrected chi connectivity index (χ3v) is 2.95. The maximum Gasteiger partial charge on any atom is 0.410 e. The third-order valence-electron chi connectivity index (χ3n) is 2.95. The molecule has 7 heteroatoms. The van der Waals surface area contributed by atoms with E-state index in [4.69, 9.17) is 14.9 Å². The molecule has 2 N–H and O–H groups in total. The second-order valence-electron chi connectivity index (χ2n) is 5.72. The molecule has 0 spiro atoms. The molecule has 2 heterocycles. The van der Waals surface area contributed by atoms with Crippen LogP contribution in [0.15, 0.2) is 4.42 Å². The molecule has 0 aliphatic carbocycles. The molecule has 1 aliphatic heterocycles. The van der Waals surface area contributed by atoms with Crippen LogP contribution in [0.4, 0.5) is 10.8 Å². The van der Waals surface area contributed by atoms with Gasteiger partial charge in [-0.2, -0.15) is 0 Å². The summed E-state index contributed by atoms with van der Waals surface area (Å²) in [5.74, 6) is 0.727. The minimum atomic E-state index is -0.463. The van der Waals surface area contributed by atoms with Gasteiger partial charge in [-0.25, -0.2) is 4.79 Å². The lowest BCUT2D eigenvalue weighted by Gasteiger charge is -2.32. The standard InChI is InChI=1S/C12H20N4O3/c1-12(2,3)19-11(17)16-6-4-8(5-7-16)9-14-15-10(13)18-9/h8H,4-7H2,1-3H3,(H2,13,15). The highest BCUT2D eigenvalue weighted by molar-refractivity contribution is 5.68. The second kappa shape index (κ2) is 5.07. The van der Waals surface area contributed by atoms with Crippen LogP contribution >= 0.6 is 0 Å². The molecule has 106 valence electrons. The molecule has 1 aliphatic rings. The van der Waals surface area contributed by atoms with E-state index in [2.05, 4.69) is 10.2 Å². The molecule has 0 aromatic carbocycles. The average Bonchev–Trinajstić information content (AvgIpc) is 2.74. The first-order chi connectivity index (χ1) is 8.85. The zero-order valence-electron chi connectivity index (χ0n) is 11.5. The van der Waals surface area contributed by atoms with Crippen molar-refractivity contribution in [3.05, 3.63) is 5.89 Å². The molecule has 0 atom stereocenters. The molecule has 0 unspecified atom stereocenters. The van der Waals surface area contributed by atoms with E-state index in [1.807, 2.05) is 20.8 Å². The third kappa shape index (κ3) is 3.59. The number of nitrogens with two attached hydrogens (primary N) is 1. The number of rotatable bonds is 1. The number of hydrogen-bond acceptors (Lipinski definition) is 6. The zero-order valence-corrected chi connectivity index (χ0v) is 11.5. The Morgan fingerprint density at radius 1 is 1.37 bits per heavy atom. The van der Waals surface area contributed by atoms with E-state index in [9.17, 15) is 4.79 Å². The molecule has 2 rings (SSSR count).